The van der Waals surface area contributed by atoms with E-state index in [1.807, 2.05) is 42.5 Å². The highest BCUT2D eigenvalue weighted by Crippen LogP contribution is 2.24. The summed E-state index contributed by atoms with van der Waals surface area (Å²) in [4.78, 5) is 22.5. The fourth-order valence-corrected chi connectivity index (χ4v) is 4.15. The van der Waals surface area contributed by atoms with E-state index in [1.54, 1.807) is 7.05 Å². The summed E-state index contributed by atoms with van der Waals surface area (Å²) in [5.41, 5.74) is 9.88. The Kier molecular flexibility index (Phi) is 9.02. The number of nitrogens with two attached hydrogens (primary N) is 1. The van der Waals surface area contributed by atoms with Gasteiger partial charge in [-0.3, -0.25) is 9.36 Å². The van der Waals surface area contributed by atoms with E-state index in [9.17, 15) is 9.59 Å². The van der Waals surface area contributed by atoms with E-state index in [4.69, 9.17) is 20.5 Å². The summed E-state index contributed by atoms with van der Waals surface area (Å²) in [6.07, 6.45) is 4.07. The number of aliphatic hydroxyl groups is 1. The first-order valence-electron chi connectivity index (χ1n) is 11.6. The highest BCUT2D eigenvalue weighted by atomic mass is 16.4. The lowest BCUT2D eigenvalue weighted by atomic mass is 9.89. The van der Waals surface area contributed by atoms with Crippen LogP contribution in [0, 0.1) is 23.2 Å². The van der Waals surface area contributed by atoms with Gasteiger partial charge in [0.25, 0.3) is 0 Å². The average Bonchev–Trinajstić information content (AvgIpc) is 3.11. The molecule has 1 fully saturated rings. The molecule has 2 atom stereocenters. The molecule has 0 spiro atoms. The third kappa shape index (κ3) is 6.56. The van der Waals surface area contributed by atoms with Crippen LogP contribution in [-0.2, 0) is 18.3 Å². The fourth-order valence-electron chi connectivity index (χ4n) is 4.15. The van der Waals surface area contributed by atoms with E-state index in [0.717, 1.165) is 54.4 Å². The molecule has 0 saturated carbocycles. The Morgan fingerprint density at radius 2 is 2.00 bits per heavy atom. The minimum Gasteiger partial charge on any atom is -0.408 e. The number of aromatic nitrogens is 1. The second kappa shape index (κ2) is 12.2. The van der Waals surface area contributed by atoms with E-state index < -0.39 is 0 Å². The highest BCUT2D eigenvalue weighted by molar-refractivity contribution is 5.80. The molecule has 4 N–H and O–H groups in total. The number of amides is 1. The average molecular weight is 465 g/mol. The SMILES string of the molecule is Cn1c(=O)oc2ccc(-c3ccc(CCC#N)cc3)cc21.NC(=O)C1CNCCCC(CO)C1. The molecule has 180 valence electrons. The van der Waals surface area contributed by atoms with Gasteiger partial charge >= 0.3 is 5.76 Å². The molecule has 8 nitrogen and oxygen atoms in total. The van der Waals surface area contributed by atoms with Gasteiger partial charge in [0.1, 0.15) is 0 Å². The van der Waals surface area contributed by atoms with Crippen molar-refractivity contribution in [1.29, 1.82) is 5.26 Å². The summed E-state index contributed by atoms with van der Waals surface area (Å²) in [6, 6.07) is 16.0. The number of aryl methyl sites for hydroxylation is 2. The van der Waals surface area contributed by atoms with E-state index in [0.29, 0.717) is 18.5 Å². The maximum atomic E-state index is 11.5. The molecule has 2 aromatic carbocycles. The molecule has 1 saturated heterocycles. The van der Waals surface area contributed by atoms with Crippen molar-refractivity contribution >= 4 is 17.0 Å². The summed E-state index contributed by atoms with van der Waals surface area (Å²) < 4.78 is 6.63. The topological polar surface area (TPSA) is 134 Å². The van der Waals surface area contributed by atoms with Crippen molar-refractivity contribution in [3.63, 3.8) is 0 Å². The number of carbonyl (C=O) groups is 1. The molecule has 1 aliphatic rings. The van der Waals surface area contributed by atoms with Gasteiger partial charge in [0, 0.05) is 26.6 Å². The molecule has 2 heterocycles. The van der Waals surface area contributed by atoms with Crippen molar-refractivity contribution in [2.45, 2.75) is 32.1 Å². The lowest BCUT2D eigenvalue weighted by Gasteiger charge is -2.23. The molecule has 0 aliphatic carbocycles. The van der Waals surface area contributed by atoms with Crippen LogP contribution in [0.1, 0.15) is 31.2 Å². The van der Waals surface area contributed by atoms with Gasteiger partial charge in [-0.15, -0.1) is 0 Å². The van der Waals surface area contributed by atoms with Crippen LogP contribution >= 0.6 is 0 Å². The van der Waals surface area contributed by atoms with Crippen molar-refractivity contribution in [1.82, 2.24) is 9.88 Å². The molecular weight excluding hydrogens is 432 g/mol. The number of nitrogens with one attached hydrogen (secondary N) is 1. The monoisotopic (exact) mass is 464 g/mol. The molecule has 8 heteroatoms. The first-order chi connectivity index (χ1) is 16.4. The molecule has 1 amide bonds. The number of nitrogens with zero attached hydrogens (tertiary/aromatic N) is 2. The van der Waals surface area contributed by atoms with Gasteiger partial charge in [-0.2, -0.15) is 5.26 Å². The maximum Gasteiger partial charge on any atom is 0.419 e. The van der Waals surface area contributed by atoms with Crippen LogP contribution in [0.5, 0.6) is 0 Å². The molecule has 1 aromatic heterocycles. The number of benzene rings is 2. The third-order valence-electron chi connectivity index (χ3n) is 6.24. The van der Waals surface area contributed by atoms with Crippen molar-refractivity contribution < 1.29 is 14.3 Å². The lowest BCUT2D eigenvalue weighted by Crippen LogP contribution is -2.37. The van der Waals surface area contributed by atoms with Crippen LogP contribution in [0.3, 0.4) is 0 Å². The van der Waals surface area contributed by atoms with E-state index in [2.05, 4.69) is 11.4 Å². The van der Waals surface area contributed by atoms with Crippen LogP contribution in [-0.4, -0.2) is 35.3 Å². The van der Waals surface area contributed by atoms with Gasteiger partial charge in [0.15, 0.2) is 5.58 Å². The number of hydrogen-bond donors (Lipinski definition) is 3. The molecule has 34 heavy (non-hydrogen) atoms. The standard InChI is InChI=1S/C17H14N2O2.C9H18N2O2/c1-19-15-11-14(8-9-16(15)21-17(19)20)13-6-4-12(5-7-13)3-2-10-18;10-9(13)8-4-7(6-12)2-1-3-11-5-8/h4-9,11H,2-3H2,1H3;7-8,11-12H,1-6H2,(H2,10,13). The Balaban J connectivity index is 0.000000215. The smallest absolute Gasteiger partial charge is 0.408 e. The van der Waals surface area contributed by atoms with Gasteiger partial charge in [0.2, 0.25) is 5.91 Å². The van der Waals surface area contributed by atoms with Crippen LogP contribution in [0.2, 0.25) is 0 Å². The number of nitriles is 1. The fraction of sp³-hybridized carbons (Fsp3) is 0.423. The molecule has 0 bridgehead atoms. The summed E-state index contributed by atoms with van der Waals surface area (Å²) >= 11 is 0. The second-order valence-electron chi connectivity index (χ2n) is 8.69. The number of aliphatic hydroxyl groups excluding tert-OH is 1. The summed E-state index contributed by atoms with van der Waals surface area (Å²) in [5.74, 6) is -0.473. The molecule has 4 rings (SSSR count). The number of primary amides is 1. The van der Waals surface area contributed by atoms with E-state index in [1.165, 1.54) is 4.57 Å². The number of rotatable bonds is 5. The molecular formula is C26H32N4O4. The zero-order chi connectivity index (χ0) is 24.5. The Morgan fingerprint density at radius 1 is 1.26 bits per heavy atom. The van der Waals surface area contributed by atoms with Crippen LogP contribution in [0.15, 0.2) is 51.7 Å². The molecule has 3 aromatic rings. The first kappa shape index (κ1) is 25.2. The van der Waals surface area contributed by atoms with Crippen molar-refractivity contribution in [3.05, 3.63) is 58.6 Å². The van der Waals surface area contributed by atoms with E-state index >= 15 is 0 Å². The quantitative estimate of drug-likeness (QED) is 0.531. The first-order valence-corrected chi connectivity index (χ1v) is 11.6. The van der Waals surface area contributed by atoms with E-state index in [-0.39, 0.29) is 30.1 Å². The van der Waals surface area contributed by atoms with Crippen molar-refractivity contribution in [3.8, 4) is 17.2 Å². The molecule has 0 radical (unpaired) electrons. The Bertz CT molecular complexity index is 1190. The van der Waals surface area contributed by atoms with Crippen molar-refractivity contribution in [2.75, 3.05) is 19.7 Å². The molecule has 1 aliphatic heterocycles. The lowest BCUT2D eigenvalue weighted by molar-refractivity contribution is -0.122. The van der Waals surface area contributed by atoms with Crippen LogP contribution in [0.25, 0.3) is 22.2 Å². The molecule has 2 unspecified atom stereocenters. The predicted molar refractivity (Wildman–Crippen MR) is 131 cm³/mol. The van der Waals surface area contributed by atoms with Gasteiger partial charge < -0.3 is 20.6 Å². The third-order valence-corrected chi connectivity index (χ3v) is 6.24. The number of carbonyl (C=O) groups excluding carboxylic acids is 1. The van der Waals surface area contributed by atoms with Gasteiger partial charge in [0.05, 0.1) is 17.5 Å². The summed E-state index contributed by atoms with van der Waals surface area (Å²) in [7, 11) is 1.70. The maximum absolute atomic E-state index is 11.5. The highest BCUT2D eigenvalue weighted by Gasteiger charge is 2.22. The summed E-state index contributed by atoms with van der Waals surface area (Å²) in [6.45, 7) is 1.75. The van der Waals surface area contributed by atoms with Gasteiger partial charge in [-0.25, -0.2) is 4.79 Å². The normalized spacial score (nSPS) is 18.3. The minimum absolute atomic E-state index is 0.113. The number of fused-ring (bicyclic) bond motifs is 1. The second-order valence-corrected chi connectivity index (χ2v) is 8.69. The zero-order valence-corrected chi connectivity index (χ0v) is 19.5. The Labute approximate surface area is 199 Å². The van der Waals surface area contributed by atoms with Crippen molar-refractivity contribution in [2.24, 2.45) is 24.6 Å². The predicted octanol–water partition coefficient (Wildman–Crippen LogP) is 2.72. The summed E-state index contributed by atoms with van der Waals surface area (Å²) in [5, 5.41) is 20.8. The van der Waals surface area contributed by atoms with Crippen LogP contribution in [0.4, 0.5) is 0 Å². The van der Waals surface area contributed by atoms with Gasteiger partial charge in [-0.05, 0) is 67.0 Å². The van der Waals surface area contributed by atoms with Gasteiger partial charge in [-0.1, -0.05) is 30.3 Å². The zero-order valence-electron chi connectivity index (χ0n) is 19.5. The minimum atomic E-state index is -0.353. The number of oxazole rings is 1. The van der Waals surface area contributed by atoms with Crippen LogP contribution < -0.4 is 16.8 Å². The largest absolute Gasteiger partial charge is 0.419 e. The number of hydrogen-bond acceptors (Lipinski definition) is 6. The Hall–Kier alpha value is -3.41. The Morgan fingerprint density at radius 3 is 2.68 bits per heavy atom.